The summed E-state index contributed by atoms with van der Waals surface area (Å²) in [6, 6.07) is 16.2. The number of anilines is 2. The van der Waals surface area contributed by atoms with Gasteiger partial charge in [0.05, 0.1) is 30.0 Å². The van der Waals surface area contributed by atoms with Gasteiger partial charge >= 0.3 is 6.61 Å². The van der Waals surface area contributed by atoms with Gasteiger partial charge in [-0.15, -0.1) is 16.4 Å². The molecule has 0 aliphatic rings. The number of alkyl halides is 2. The van der Waals surface area contributed by atoms with Crippen LogP contribution < -0.4 is 19.5 Å². The minimum atomic E-state index is -2.93. The highest BCUT2D eigenvalue weighted by Crippen LogP contribution is 2.38. The van der Waals surface area contributed by atoms with Crippen molar-refractivity contribution < 1.29 is 23.0 Å². The van der Waals surface area contributed by atoms with Crippen molar-refractivity contribution in [1.82, 2.24) is 14.6 Å². The lowest BCUT2D eigenvalue weighted by molar-refractivity contribution is -0.0512. The van der Waals surface area contributed by atoms with Crippen molar-refractivity contribution in [2.75, 3.05) is 19.5 Å². The van der Waals surface area contributed by atoms with Crippen molar-refractivity contribution in [3.8, 4) is 27.8 Å². The van der Waals surface area contributed by atoms with Gasteiger partial charge in [0.15, 0.2) is 23.0 Å². The number of nitrogens with one attached hydrogen (secondary N) is 1. The first kappa shape index (κ1) is 21.0. The summed E-state index contributed by atoms with van der Waals surface area (Å²) in [5.41, 5.74) is 2.14. The molecule has 0 fully saturated rings. The minimum Gasteiger partial charge on any atom is -0.495 e. The highest BCUT2D eigenvalue weighted by molar-refractivity contribution is 7.22. The molecule has 7 nitrogen and oxygen atoms in total. The maximum absolute atomic E-state index is 12.6. The molecule has 33 heavy (non-hydrogen) atoms. The van der Waals surface area contributed by atoms with E-state index in [0.29, 0.717) is 17.2 Å². The number of thiophene rings is 1. The molecule has 2 aromatic carbocycles. The second kappa shape index (κ2) is 8.55. The van der Waals surface area contributed by atoms with Crippen LogP contribution in [0, 0.1) is 0 Å². The number of nitrogens with zero attached hydrogens (tertiary/aromatic N) is 3. The Labute approximate surface area is 191 Å². The number of halogens is 2. The van der Waals surface area contributed by atoms with Gasteiger partial charge in [0.25, 0.3) is 0 Å². The Hall–Kier alpha value is -3.92. The first-order valence-electron chi connectivity index (χ1n) is 9.87. The number of imidazole rings is 1. The zero-order chi connectivity index (χ0) is 22.9. The lowest BCUT2D eigenvalue weighted by atomic mass is 10.2. The van der Waals surface area contributed by atoms with Crippen LogP contribution in [0.1, 0.15) is 0 Å². The second-order valence-corrected chi connectivity index (χ2v) is 8.04. The molecule has 0 aliphatic heterocycles. The van der Waals surface area contributed by atoms with Gasteiger partial charge in [-0.25, -0.2) is 9.50 Å². The van der Waals surface area contributed by atoms with Crippen LogP contribution in [0.25, 0.3) is 26.3 Å². The summed E-state index contributed by atoms with van der Waals surface area (Å²) in [7, 11) is 3.04. The first-order chi connectivity index (χ1) is 16.1. The van der Waals surface area contributed by atoms with Gasteiger partial charge in [0.1, 0.15) is 11.4 Å². The molecule has 0 aliphatic carbocycles. The number of methoxy groups -OCH3 is 2. The van der Waals surface area contributed by atoms with E-state index in [1.54, 1.807) is 47.4 Å². The molecule has 168 valence electrons. The zero-order valence-corrected chi connectivity index (χ0v) is 18.4. The summed E-state index contributed by atoms with van der Waals surface area (Å²) >= 11 is 1.60. The van der Waals surface area contributed by atoms with Crippen LogP contribution in [0.3, 0.4) is 0 Å². The maximum atomic E-state index is 12.6. The van der Waals surface area contributed by atoms with E-state index < -0.39 is 6.61 Å². The van der Waals surface area contributed by atoms with Crippen LogP contribution in [0.4, 0.5) is 20.3 Å². The monoisotopic (exact) mass is 468 g/mol. The van der Waals surface area contributed by atoms with Gasteiger partial charge in [0.2, 0.25) is 0 Å². The van der Waals surface area contributed by atoms with E-state index in [4.69, 9.17) is 9.47 Å². The van der Waals surface area contributed by atoms with Crippen LogP contribution in [0.15, 0.2) is 60.8 Å². The van der Waals surface area contributed by atoms with Crippen molar-refractivity contribution >= 4 is 38.6 Å². The van der Waals surface area contributed by atoms with Crippen molar-refractivity contribution in [3.63, 3.8) is 0 Å². The fraction of sp³-hybridized carbons (Fsp3) is 0.130. The van der Waals surface area contributed by atoms with Crippen molar-refractivity contribution in [1.29, 1.82) is 0 Å². The second-order valence-electron chi connectivity index (χ2n) is 6.99. The van der Waals surface area contributed by atoms with E-state index in [-0.39, 0.29) is 11.5 Å². The third kappa shape index (κ3) is 4.00. The lowest BCUT2D eigenvalue weighted by Crippen LogP contribution is -2.04. The summed E-state index contributed by atoms with van der Waals surface area (Å²) in [5, 5.41) is 8.92. The standard InChI is InChI=1S/C23H18F2N4O3S/c1-30-17-5-3-4-13-10-19(33-22(13)17)15-12-26-21-9-8-20(28-29(15)21)27-14-6-7-16(32-23(24)25)18(11-14)31-2/h3-12,23H,1-2H3,(H,27,28). The summed E-state index contributed by atoms with van der Waals surface area (Å²) in [5.74, 6) is 1.51. The quantitative estimate of drug-likeness (QED) is 0.317. The highest BCUT2D eigenvalue weighted by Gasteiger charge is 2.15. The molecule has 10 heteroatoms. The number of hydrogen-bond donors (Lipinski definition) is 1. The highest BCUT2D eigenvalue weighted by atomic mass is 32.1. The summed E-state index contributed by atoms with van der Waals surface area (Å²) in [6.07, 6.45) is 1.78. The molecule has 5 aromatic rings. The lowest BCUT2D eigenvalue weighted by Gasteiger charge is -2.12. The number of rotatable bonds is 7. The Bertz CT molecular complexity index is 1450. The van der Waals surface area contributed by atoms with Crippen molar-refractivity contribution in [2.45, 2.75) is 6.61 Å². The maximum Gasteiger partial charge on any atom is 0.387 e. The normalized spacial score (nSPS) is 11.3. The average molecular weight is 468 g/mol. The number of hydrogen-bond acceptors (Lipinski definition) is 7. The zero-order valence-electron chi connectivity index (χ0n) is 17.6. The molecule has 0 spiro atoms. The van der Waals surface area contributed by atoms with Crippen LogP contribution in [-0.2, 0) is 0 Å². The summed E-state index contributed by atoms with van der Waals surface area (Å²) in [4.78, 5) is 5.46. The Morgan fingerprint density at radius 1 is 0.970 bits per heavy atom. The molecule has 0 atom stereocenters. The van der Waals surface area contributed by atoms with E-state index in [1.807, 2.05) is 24.3 Å². The van der Waals surface area contributed by atoms with Crippen LogP contribution in [0.5, 0.6) is 17.2 Å². The molecule has 0 unspecified atom stereocenters. The fourth-order valence-corrected chi connectivity index (χ4v) is 4.66. The molecule has 3 aromatic heterocycles. The molecule has 3 heterocycles. The third-order valence-electron chi connectivity index (χ3n) is 4.99. The average Bonchev–Trinajstić information content (AvgIpc) is 3.43. The van der Waals surface area contributed by atoms with Gasteiger partial charge in [-0.1, -0.05) is 12.1 Å². The van der Waals surface area contributed by atoms with Crippen molar-refractivity contribution in [3.05, 3.63) is 60.8 Å². The predicted molar refractivity (Wildman–Crippen MR) is 123 cm³/mol. The predicted octanol–water partition coefficient (Wildman–Crippen LogP) is 5.97. The Morgan fingerprint density at radius 3 is 2.61 bits per heavy atom. The fourth-order valence-electron chi connectivity index (χ4n) is 3.52. The van der Waals surface area contributed by atoms with Gasteiger partial charge in [-0.2, -0.15) is 8.78 Å². The summed E-state index contributed by atoms with van der Waals surface area (Å²) in [6.45, 7) is -2.93. The van der Waals surface area contributed by atoms with Crippen LogP contribution in [0.2, 0.25) is 0 Å². The Kier molecular flexibility index (Phi) is 5.43. The molecule has 0 saturated carbocycles. The topological polar surface area (TPSA) is 69.9 Å². The third-order valence-corrected chi connectivity index (χ3v) is 6.18. The molecule has 0 bridgehead atoms. The molecule has 5 rings (SSSR count). The van der Waals surface area contributed by atoms with Gasteiger partial charge in [-0.05, 0) is 41.8 Å². The van der Waals surface area contributed by atoms with Gasteiger partial charge in [0, 0.05) is 11.8 Å². The Balaban J connectivity index is 1.49. The van der Waals surface area contributed by atoms with Crippen LogP contribution in [-0.4, -0.2) is 35.4 Å². The molecule has 0 saturated heterocycles. The van der Waals surface area contributed by atoms with E-state index in [0.717, 1.165) is 26.4 Å². The number of fused-ring (bicyclic) bond motifs is 2. The number of ether oxygens (including phenoxy) is 3. The molecular weight excluding hydrogens is 450 g/mol. The molecular formula is C23H18F2N4O3S. The largest absolute Gasteiger partial charge is 0.495 e. The Morgan fingerprint density at radius 2 is 1.82 bits per heavy atom. The number of aromatic nitrogens is 3. The molecule has 0 amide bonds. The van der Waals surface area contributed by atoms with E-state index in [9.17, 15) is 8.78 Å². The smallest absolute Gasteiger partial charge is 0.387 e. The summed E-state index contributed by atoms with van der Waals surface area (Å²) < 4.78 is 43.1. The molecule has 0 radical (unpaired) electrons. The van der Waals surface area contributed by atoms with E-state index in [2.05, 4.69) is 26.2 Å². The number of benzene rings is 2. The van der Waals surface area contributed by atoms with Gasteiger partial charge < -0.3 is 19.5 Å². The molecule has 1 N–H and O–H groups in total. The first-order valence-corrected chi connectivity index (χ1v) is 10.7. The van der Waals surface area contributed by atoms with Crippen LogP contribution >= 0.6 is 11.3 Å². The minimum absolute atomic E-state index is 0.0430. The van der Waals surface area contributed by atoms with E-state index >= 15 is 0 Å². The van der Waals surface area contributed by atoms with E-state index in [1.165, 1.54) is 13.2 Å². The SMILES string of the molecule is COc1cc(Nc2ccc3ncc(-c4cc5cccc(OC)c5s4)n3n2)ccc1OC(F)F. The van der Waals surface area contributed by atoms with Gasteiger partial charge in [-0.3, -0.25) is 0 Å². The van der Waals surface area contributed by atoms with Crippen molar-refractivity contribution in [2.24, 2.45) is 0 Å².